The van der Waals surface area contributed by atoms with Gasteiger partial charge in [-0.05, 0) is 18.4 Å². The third-order valence-electron chi connectivity index (χ3n) is 3.14. The van der Waals surface area contributed by atoms with Crippen LogP contribution in [0.2, 0.25) is 0 Å². The lowest BCUT2D eigenvalue weighted by molar-refractivity contribution is -0.132. The van der Waals surface area contributed by atoms with Crippen molar-refractivity contribution in [1.82, 2.24) is 5.32 Å². The average Bonchev–Trinajstić information content (AvgIpc) is 2.50. The number of primary amides is 1. The van der Waals surface area contributed by atoms with Gasteiger partial charge >= 0.3 is 6.09 Å². The Labute approximate surface area is 130 Å². The molecule has 120 valence electrons. The molecule has 6 heteroatoms. The van der Waals surface area contributed by atoms with Gasteiger partial charge in [-0.3, -0.25) is 9.59 Å². The van der Waals surface area contributed by atoms with E-state index in [0.717, 1.165) is 5.56 Å². The van der Waals surface area contributed by atoms with Crippen LogP contribution in [0.1, 0.15) is 31.7 Å². The van der Waals surface area contributed by atoms with Gasteiger partial charge in [-0.2, -0.15) is 0 Å². The number of carbonyl (C=O) groups excluding carboxylic acids is 3. The van der Waals surface area contributed by atoms with Crippen LogP contribution in [0.25, 0.3) is 0 Å². The second-order valence-electron chi connectivity index (χ2n) is 4.95. The highest BCUT2D eigenvalue weighted by Crippen LogP contribution is 2.08. The molecule has 0 heterocycles. The minimum Gasteiger partial charge on any atom is -0.445 e. The van der Waals surface area contributed by atoms with Crippen LogP contribution in [0, 0.1) is 5.92 Å². The van der Waals surface area contributed by atoms with Crippen LogP contribution in [0.15, 0.2) is 30.3 Å². The van der Waals surface area contributed by atoms with Crippen molar-refractivity contribution < 1.29 is 19.1 Å². The first kappa shape index (κ1) is 17.7. The van der Waals surface area contributed by atoms with Gasteiger partial charge in [-0.15, -0.1) is 0 Å². The van der Waals surface area contributed by atoms with Crippen LogP contribution in [0.3, 0.4) is 0 Å². The lowest BCUT2D eigenvalue weighted by Gasteiger charge is -2.12. The first-order valence-corrected chi connectivity index (χ1v) is 7.31. The predicted molar refractivity (Wildman–Crippen MR) is 81.8 cm³/mol. The monoisotopic (exact) mass is 306 g/mol. The van der Waals surface area contributed by atoms with E-state index in [1.807, 2.05) is 37.3 Å². The maximum atomic E-state index is 11.7. The molecule has 0 spiro atoms. The van der Waals surface area contributed by atoms with Gasteiger partial charge < -0.3 is 15.8 Å². The summed E-state index contributed by atoms with van der Waals surface area (Å²) in [6, 6.07) is 9.28. The van der Waals surface area contributed by atoms with Gasteiger partial charge in [0.1, 0.15) is 12.4 Å². The van der Waals surface area contributed by atoms with E-state index in [4.69, 9.17) is 10.5 Å². The Balaban J connectivity index is 2.30. The summed E-state index contributed by atoms with van der Waals surface area (Å²) in [5.74, 6) is -1.69. The zero-order valence-corrected chi connectivity index (χ0v) is 12.7. The molecule has 0 bridgehead atoms. The van der Waals surface area contributed by atoms with Crippen molar-refractivity contribution in [3.8, 4) is 0 Å². The third-order valence-corrected chi connectivity index (χ3v) is 3.14. The molecule has 1 unspecified atom stereocenters. The molecule has 0 saturated heterocycles. The quantitative estimate of drug-likeness (QED) is 0.679. The van der Waals surface area contributed by atoms with E-state index in [9.17, 15) is 14.4 Å². The first-order valence-electron chi connectivity index (χ1n) is 7.31. The summed E-state index contributed by atoms with van der Waals surface area (Å²) in [5.41, 5.74) is 6.10. The Hall–Kier alpha value is -2.37. The number of nitrogens with one attached hydrogen (secondary N) is 1. The molecule has 0 aliphatic heterocycles. The smallest absolute Gasteiger partial charge is 0.407 e. The van der Waals surface area contributed by atoms with Crippen molar-refractivity contribution in [3.05, 3.63) is 35.9 Å². The minimum atomic E-state index is -0.852. The molecule has 1 rings (SSSR count). The Bertz CT molecular complexity index is 502. The lowest BCUT2D eigenvalue weighted by atomic mass is 9.96. The molecule has 1 aromatic carbocycles. The minimum absolute atomic E-state index is 0.163. The van der Waals surface area contributed by atoms with Crippen LogP contribution < -0.4 is 11.1 Å². The summed E-state index contributed by atoms with van der Waals surface area (Å²) < 4.78 is 5.03. The molecular formula is C16H22N2O4. The summed E-state index contributed by atoms with van der Waals surface area (Å²) in [6.07, 6.45) is 0.575. The summed E-state index contributed by atoms with van der Waals surface area (Å²) in [4.78, 5) is 34.5. The molecule has 2 amide bonds. The standard InChI is InChI=1S/C16H22N2O4/c1-2-6-14(19)13(15(17)20)9-10-18-16(21)22-11-12-7-4-3-5-8-12/h3-5,7-8,13H,2,6,9-11H2,1H3,(H2,17,20)(H,18,21). The van der Waals surface area contributed by atoms with E-state index in [1.54, 1.807) is 0 Å². The maximum absolute atomic E-state index is 11.7. The number of hydrogen-bond acceptors (Lipinski definition) is 4. The Kier molecular flexibility index (Phi) is 7.67. The molecule has 0 aliphatic carbocycles. The van der Waals surface area contributed by atoms with Gasteiger partial charge in [-0.25, -0.2) is 4.79 Å². The molecule has 6 nitrogen and oxygen atoms in total. The molecular weight excluding hydrogens is 284 g/mol. The molecule has 1 atom stereocenters. The van der Waals surface area contributed by atoms with Gasteiger partial charge in [0.15, 0.2) is 0 Å². The van der Waals surface area contributed by atoms with E-state index in [0.29, 0.717) is 12.8 Å². The fourth-order valence-corrected chi connectivity index (χ4v) is 1.98. The molecule has 0 aromatic heterocycles. The average molecular weight is 306 g/mol. The largest absolute Gasteiger partial charge is 0.445 e. The van der Waals surface area contributed by atoms with Crippen LogP contribution in [-0.2, 0) is 20.9 Å². The molecule has 0 fully saturated rings. The number of Topliss-reactive ketones (excluding diaryl/α,β-unsaturated/α-hetero) is 1. The summed E-state index contributed by atoms with van der Waals surface area (Å²) in [5, 5.41) is 2.51. The van der Waals surface area contributed by atoms with Crippen molar-refractivity contribution in [2.24, 2.45) is 11.7 Å². The van der Waals surface area contributed by atoms with Crippen LogP contribution in [-0.4, -0.2) is 24.3 Å². The van der Waals surface area contributed by atoms with Crippen LogP contribution in [0.4, 0.5) is 4.79 Å². The van der Waals surface area contributed by atoms with Crippen molar-refractivity contribution in [2.75, 3.05) is 6.54 Å². The van der Waals surface area contributed by atoms with Crippen LogP contribution in [0.5, 0.6) is 0 Å². The first-order chi connectivity index (χ1) is 10.5. The van der Waals surface area contributed by atoms with E-state index in [2.05, 4.69) is 5.32 Å². The van der Waals surface area contributed by atoms with E-state index < -0.39 is 17.9 Å². The fourth-order valence-electron chi connectivity index (χ4n) is 1.98. The topological polar surface area (TPSA) is 98.5 Å². The van der Waals surface area contributed by atoms with Crippen molar-refractivity contribution in [1.29, 1.82) is 0 Å². The Morgan fingerprint density at radius 2 is 1.91 bits per heavy atom. The van der Waals surface area contributed by atoms with Gasteiger partial charge in [0.05, 0.1) is 5.92 Å². The van der Waals surface area contributed by atoms with Gasteiger partial charge in [0.2, 0.25) is 5.91 Å². The van der Waals surface area contributed by atoms with Gasteiger partial charge in [0, 0.05) is 13.0 Å². The lowest BCUT2D eigenvalue weighted by Crippen LogP contribution is -2.34. The highest BCUT2D eigenvalue weighted by Gasteiger charge is 2.23. The number of benzene rings is 1. The summed E-state index contributed by atoms with van der Waals surface area (Å²) in [7, 11) is 0. The number of ether oxygens (including phenoxy) is 1. The fraction of sp³-hybridized carbons (Fsp3) is 0.438. The van der Waals surface area contributed by atoms with Crippen molar-refractivity contribution >= 4 is 17.8 Å². The molecule has 1 aromatic rings. The second kappa shape index (κ2) is 9.55. The number of rotatable bonds is 9. The number of amides is 2. The molecule has 3 N–H and O–H groups in total. The van der Waals surface area contributed by atoms with Gasteiger partial charge in [-0.1, -0.05) is 37.3 Å². The summed E-state index contributed by atoms with van der Waals surface area (Å²) >= 11 is 0. The summed E-state index contributed by atoms with van der Waals surface area (Å²) in [6.45, 7) is 2.19. The number of hydrogen-bond donors (Lipinski definition) is 2. The predicted octanol–water partition coefficient (Wildman–Crippen LogP) is 1.77. The van der Waals surface area contributed by atoms with Crippen LogP contribution >= 0.6 is 0 Å². The SMILES string of the molecule is CCCC(=O)C(CCNC(=O)OCc1ccccc1)C(N)=O. The normalized spacial score (nSPS) is 11.5. The van der Waals surface area contributed by atoms with E-state index >= 15 is 0 Å². The number of carbonyl (C=O) groups is 3. The Morgan fingerprint density at radius 1 is 1.23 bits per heavy atom. The zero-order chi connectivity index (χ0) is 16.4. The molecule has 0 saturated carbocycles. The number of alkyl carbamates (subject to hydrolysis) is 1. The molecule has 0 radical (unpaired) electrons. The second-order valence-corrected chi connectivity index (χ2v) is 4.95. The highest BCUT2D eigenvalue weighted by atomic mass is 16.5. The molecule has 22 heavy (non-hydrogen) atoms. The van der Waals surface area contributed by atoms with Crippen molar-refractivity contribution in [3.63, 3.8) is 0 Å². The Morgan fingerprint density at radius 3 is 2.50 bits per heavy atom. The third kappa shape index (κ3) is 6.39. The maximum Gasteiger partial charge on any atom is 0.407 e. The van der Waals surface area contributed by atoms with E-state index in [1.165, 1.54) is 0 Å². The molecule has 0 aliphatic rings. The number of ketones is 1. The number of nitrogens with two attached hydrogens (primary N) is 1. The van der Waals surface area contributed by atoms with Gasteiger partial charge in [0.25, 0.3) is 0 Å². The zero-order valence-electron chi connectivity index (χ0n) is 12.7. The highest BCUT2D eigenvalue weighted by molar-refractivity contribution is 6.00. The van der Waals surface area contributed by atoms with E-state index in [-0.39, 0.29) is 25.4 Å². The van der Waals surface area contributed by atoms with Crippen molar-refractivity contribution in [2.45, 2.75) is 32.8 Å².